The summed E-state index contributed by atoms with van der Waals surface area (Å²) < 4.78 is 54.4. The topological polar surface area (TPSA) is 55.3 Å². The number of alkyl halides is 2. The molecule has 1 heterocycles. The van der Waals surface area contributed by atoms with Crippen molar-refractivity contribution in [1.82, 2.24) is 10.2 Å². The molecule has 1 N–H and O–H groups in total. The van der Waals surface area contributed by atoms with Crippen LogP contribution in [0.3, 0.4) is 0 Å². The minimum atomic E-state index is -3.01. The van der Waals surface area contributed by atoms with E-state index in [1.165, 1.54) is 18.2 Å². The van der Waals surface area contributed by atoms with Gasteiger partial charge in [0.15, 0.2) is 5.96 Å². The minimum Gasteiger partial charge on any atom is -0.434 e. The van der Waals surface area contributed by atoms with E-state index in [0.717, 1.165) is 32.4 Å². The highest BCUT2D eigenvalue weighted by Gasteiger charge is 2.22. The lowest BCUT2D eigenvalue weighted by atomic mass is 10.1. The molecule has 0 aromatic heterocycles. The number of nitrogens with zero attached hydrogens (tertiary/aromatic N) is 2. The minimum absolute atomic E-state index is 0.00511. The summed E-state index contributed by atoms with van der Waals surface area (Å²) in [5, 5.41) is 3.04. The predicted molar refractivity (Wildman–Crippen MR) is 100 cm³/mol. The van der Waals surface area contributed by atoms with Crippen molar-refractivity contribution in [2.75, 3.05) is 40.5 Å². The number of piperidine rings is 1. The van der Waals surface area contributed by atoms with Crippen molar-refractivity contribution in [1.29, 1.82) is 0 Å². The maximum Gasteiger partial charge on any atom is 0.387 e. The Labute approximate surface area is 163 Å². The third-order valence-electron chi connectivity index (χ3n) is 4.51. The van der Waals surface area contributed by atoms with Crippen LogP contribution in [0.15, 0.2) is 23.2 Å². The quantitative estimate of drug-likeness (QED) is 0.390. The number of rotatable bonds is 9. The molecule has 0 bridgehead atoms. The monoisotopic (exact) mass is 403 g/mol. The molecular formula is C19H28F3N3O3. The fraction of sp³-hybridized carbons (Fsp3) is 0.632. The third kappa shape index (κ3) is 6.87. The first-order valence-electron chi connectivity index (χ1n) is 9.33. The van der Waals surface area contributed by atoms with Gasteiger partial charge < -0.3 is 24.4 Å². The summed E-state index contributed by atoms with van der Waals surface area (Å²) in [6.45, 7) is -0.176. The summed E-state index contributed by atoms with van der Waals surface area (Å²) in [5.74, 6) is -0.200. The van der Waals surface area contributed by atoms with Gasteiger partial charge in [0.05, 0.1) is 6.10 Å². The lowest BCUT2D eigenvalue weighted by Crippen LogP contribution is -2.46. The fourth-order valence-corrected chi connectivity index (χ4v) is 3.10. The average Bonchev–Trinajstić information content (AvgIpc) is 2.68. The maximum atomic E-state index is 14.1. The van der Waals surface area contributed by atoms with Crippen molar-refractivity contribution in [2.24, 2.45) is 4.99 Å². The summed E-state index contributed by atoms with van der Waals surface area (Å²) in [6, 6.07) is 3.87. The van der Waals surface area contributed by atoms with Crippen LogP contribution in [0.1, 0.15) is 24.8 Å². The fourth-order valence-electron chi connectivity index (χ4n) is 3.10. The van der Waals surface area contributed by atoms with Crippen molar-refractivity contribution in [3.8, 4) is 5.75 Å². The SMILES string of the molecule is CN=C(NCc1c(F)cccc1OC(F)F)N1CCC(OCCCOC)CC1. The first kappa shape index (κ1) is 22.3. The summed E-state index contributed by atoms with van der Waals surface area (Å²) in [7, 11) is 3.30. The predicted octanol–water partition coefficient (Wildman–Crippen LogP) is 3.02. The van der Waals surface area contributed by atoms with Gasteiger partial charge >= 0.3 is 6.61 Å². The van der Waals surface area contributed by atoms with Crippen LogP contribution >= 0.6 is 0 Å². The maximum absolute atomic E-state index is 14.1. The van der Waals surface area contributed by atoms with Gasteiger partial charge in [-0.15, -0.1) is 0 Å². The number of hydrogen-bond donors (Lipinski definition) is 1. The molecule has 1 aliphatic heterocycles. The molecule has 9 heteroatoms. The van der Waals surface area contributed by atoms with E-state index in [9.17, 15) is 13.2 Å². The van der Waals surface area contributed by atoms with Crippen LogP contribution in [-0.4, -0.2) is 64.0 Å². The van der Waals surface area contributed by atoms with Gasteiger partial charge in [0.25, 0.3) is 0 Å². The summed E-state index contributed by atoms with van der Waals surface area (Å²) in [5.41, 5.74) is 0.0420. The molecule has 1 aliphatic rings. The van der Waals surface area contributed by atoms with Crippen molar-refractivity contribution >= 4 is 5.96 Å². The van der Waals surface area contributed by atoms with Crippen LogP contribution in [0.25, 0.3) is 0 Å². The molecule has 0 saturated carbocycles. The molecule has 1 fully saturated rings. The van der Waals surface area contributed by atoms with Crippen LogP contribution in [0.2, 0.25) is 0 Å². The highest BCUT2D eigenvalue weighted by Crippen LogP contribution is 2.23. The second-order valence-corrected chi connectivity index (χ2v) is 6.40. The van der Waals surface area contributed by atoms with Gasteiger partial charge in [-0.1, -0.05) is 6.07 Å². The second-order valence-electron chi connectivity index (χ2n) is 6.40. The van der Waals surface area contributed by atoms with E-state index in [-0.39, 0.29) is 24.0 Å². The highest BCUT2D eigenvalue weighted by atomic mass is 19.3. The molecule has 6 nitrogen and oxygen atoms in total. The summed E-state index contributed by atoms with van der Waals surface area (Å²) in [4.78, 5) is 6.27. The molecule has 0 unspecified atom stereocenters. The molecule has 0 atom stereocenters. The van der Waals surface area contributed by atoms with E-state index in [4.69, 9.17) is 9.47 Å². The van der Waals surface area contributed by atoms with Crippen molar-refractivity contribution in [3.05, 3.63) is 29.6 Å². The molecule has 0 aliphatic carbocycles. The normalized spacial score (nSPS) is 15.9. The van der Waals surface area contributed by atoms with Gasteiger partial charge in [0.2, 0.25) is 0 Å². The second kappa shape index (κ2) is 11.8. The van der Waals surface area contributed by atoms with Crippen LogP contribution < -0.4 is 10.1 Å². The van der Waals surface area contributed by atoms with Gasteiger partial charge in [-0.2, -0.15) is 8.78 Å². The van der Waals surface area contributed by atoms with E-state index in [0.29, 0.717) is 19.2 Å². The lowest BCUT2D eigenvalue weighted by molar-refractivity contribution is -0.0506. The molecule has 1 aromatic rings. The van der Waals surface area contributed by atoms with Gasteiger partial charge in [0.1, 0.15) is 11.6 Å². The molecular weight excluding hydrogens is 375 g/mol. The van der Waals surface area contributed by atoms with Crippen LogP contribution in [0, 0.1) is 5.82 Å². The number of guanidine groups is 1. The zero-order valence-electron chi connectivity index (χ0n) is 16.3. The number of hydrogen-bond acceptors (Lipinski definition) is 4. The Kier molecular flexibility index (Phi) is 9.36. The lowest BCUT2D eigenvalue weighted by Gasteiger charge is -2.34. The zero-order chi connectivity index (χ0) is 20.4. The van der Waals surface area contributed by atoms with E-state index in [2.05, 4.69) is 15.0 Å². The molecule has 0 radical (unpaired) electrons. The molecule has 1 saturated heterocycles. The Bertz CT molecular complexity index is 624. The summed E-state index contributed by atoms with van der Waals surface area (Å²) in [6.07, 6.45) is 2.77. The van der Waals surface area contributed by atoms with E-state index in [1.54, 1.807) is 14.2 Å². The number of ether oxygens (including phenoxy) is 3. The largest absolute Gasteiger partial charge is 0.434 e. The molecule has 158 valence electrons. The Hall–Kier alpha value is -2.00. The van der Waals surface area contributed by atoms with Crippen LogP contribution in [0.5, 0.6) is 5.75 Å². The number of halogens is 3. The first-order chi connectivity index (χ1) is 13.5. The number of likely N-dealkylation sites (tertiary alicyclic amines) is 1. The van der Waals surface area contributed by atoms with E-state index < -0.39 is 12.4 Å². The van der Waals surface area contributed by atoms with Crippen molar-refractivity contribution in [3.63, 3.8) is 0 Å². The van der Waals surface area contributed by atoms with Crippen LogP contribution in [-0.2, 0) is 16.0 Å². The van der Waals surface area contributed by atoms with E-state index in [1.807, 2.05) is 4.90 Å². The Balaban J connectivity index is 1.86. The first-order valence-corrected chi connectivity index (χ1v) is 9.33. The average molecular weight is 403 g/mol. The van der Waals surface area contributed by atoms with Crippen LogP contribution in [0.4, 0.5) is 13.2 Å². The number of aliphatic imine (C=N–C) groups is 1. The summed E-state index contributed by atoms with van der Waals surface area (Å²) >= 11 is 0. The molecule has 0 amide bonds. The van der Waals surface area contributed by atoms with Crippen molar-refractivity contribution < 1.29 is 27.4 Å². The van der Waals surface area contributed by atoms with Gasteiger partial charge in [-0.05, 0) is 31.4 Å². The number of benzene rings is 1. The standard InChI is InChI=1S/C19H28F3N3O3/c1-23-19(25-9-7-14(8-10-25)27-12-4-11-26-2)24-13-15-16(20)5-3-6-17(15)28-18(21)22/h3,5-6,14,18H,4,7-13H2,1-2H3,(H,23,24). The number of nitrogens with one attached hydrogen (secondary N) is 1. The third-order valence-corrected chi connectivity index (χ3v) is 4.51. The molecule has 2 rings (SSSR count). The molecule has 1 aromatic carbocycles. The Morgan fingerprint density at radius 3 is 2.68 bits per heavy atom. The van der Waals surface area contributed by atoms with Gasteiger partial charge in [-0.25, -0.2) is 4.39 Å². The highest BCUT2D eigenvalue weighted by molar-refractivity contribution is 5.80. The zero-order valence-corrected chi connectivity index (χ0v) is 16.3. The van der Waals surface area contributed by atoms with Gasteiger partial charge in [-0.3, -0.25) is 4.99 Å². The van der Waals surface area contributed by atoms with Crippen molar-refractivity contribution in [2.45, 2.75) is 38.5 Å². The van der Waals surface area contributed by atoms with Gasteiger partial charge in [0, 0.05) is 52.6 Å². The molecule has 0 spiro atoms. The Morgan fingerprint density at radius 1 is 1.29 bits per heavy atom. The molecule has 28 heavy (non-hydrogen) atoms. The van der Waals surface area contributed by atoms with E-state index >= 15 is 0 Å². The number of methoxy groups -OCH3 is 1. The Morgan fingerprint density at radius 2 is 2.04 bits per heavy atom. The smallest absolute Gasteiger partial charge is 0.387 e.